The van der Waals surface area contributed by atoms with Crippen molar-refractivity contribution < 1.29 is 27.6 Å². The number of methoxy groups -OCH3 is 1. The van der Waals surface area contributed by atoms with Gasteiger partial charge in [0.2, 0.25) is 0 Å². The van der Waals surface area contributed by atoms with Crippen molar-refractivity contribution in [1.29, 1.82) is 0 Å². The summed E-state index contributed by atoms with van der Waals surface area (Å²) >= 11 is 0. The molecule has 1 aromatic heterocycles. The molecule has 1 heterocycles. The van der Waals surface area contributed by atoms with Crippen molar-refractivity contribution >= 4 is 11.0 Å². The Morgan fingerprint density at radius 1 is 1.03 bits per heavy atom. The summed E-state index contributed by atoms with van der Waals surface area (Å²) in [6, 6.07) is 10.3. The molecule has 0 saturated carbocycles. The van der Waals surface area contributed by atoms with Crippen molar-refractivity contribution in [3.8, 4) is 11.5 Å². The van der Waals surface area contributed by atoms with Gasteiger partial charge in [-0.3, -0.25) is 0 Å². The lowest BCUT2D eigenvalue weighted by Crippen LogP contribution is -3.06. The molecule has 154 valence electrons. The van der Waals surface area contributed by atoms with Gasteiger partial charge in [-0.2, -0.15) is 8.78 Å². The number of rotatable bonds is 7. The van der Waals surface area contributed by atoms with Gasteiger partial charge in [0.15, 0.2) is 11.5 Å². The van der Waals surface area contributed by atoms with Crippen LogP contribution in [0.3, 0.4) is 0 Å². The minimum Gasteiger partial charge on any atom is -0.493 e. The first-order valence-electron chi connectivity index (χ1n) is 9.24. The van der Waals surface area contributed by atoms with Gasteiger partial charge in [0.25, 0.3) is 0 Å². The fourth-order valence-corrected chi connectivity index (χ4v) is 3.38. The number of hydrogen-bond acceptors (Lipinski definition) is 4. The van der Waals surface area contributed by atoms with Crippen molar-refractivity contribution in [3.63, 3.8) is 0 Å². The van der Waals surface area contributed by atoms with E-state index in [0.717, 1.165) is 32.5 Å². The molecule has 7 heteroatoms. The van der Waals surface area contributed by atoms with Gasteiger partial charge in [-0.1, -0.05) is 0 Å². The molecule has 3 rings (SSSR count). The second-order valence-corrected chi connectivity index (χ2v) is 7.20. The second-order valence-electron chi connectivity index (χ2n) is 7.20. The van der Waals surface area contributed by atoms with Gasteiger partial charge in [0.1, 0.15) is 18.7 Å². The molecule has 2 aromatic carbocycles. The van der Waals surface area contributed by atoms with Crippen LogP contribution in [0.15, 0.2) is 45.6 Å². The first-order chi connectivity index (χ1) is 13.8. The normalized spacial score (nSPS) is 12.4. The van der Waals surface area contributed by atoms with E-state index in [2.05, 4.69) is 4.74 Å². The third kappa shape index (κ3) is 4.92. The van der Waals surface area contributed by atoms with Gasteiger partial charge < -0.3 is 18.8 Å². The van der Waals surface area contributed by atoms with Crippen molar-refractivity contribution in [2.24, 2.45) is 0 Å². The highest BCUT2D eigenvalue weighted by molar-refractivity contribution is 5.81. The standard InChI is InChI=1S/C22H23F2NO4/c1-13-7-17-16(10-21(26)28-19(17)8-14(13)2)12-25(3)11-15-5-6-18(29-22(23)24)20(9-15)27-4/h5-10,22H,11-12H2,1-4H3/p+1. The molecule has 1 atom stereocenters. The molecule has 5 nitrogen and oxygen atoms in total. The average Bonchev–Trinajstić information content (AvgIpc) is 2.64. The van der Waals surface area contributed by atoms with Crippen molar-refractivity contribution in [3.05, 3.63) is 69.1 Å². The first kappa shape index (κ1) is 20.8. The fourth-order valence-electron chi connectivity index (χ4n) is 3.38. The van der Waals surface area contributed by atoms with Crippen LogP contribution < -0.4 is 20.0 Å². The Kier molecular flexibility index (Phi) is 6.17. The highest BCUT2D eigenvalue weighted by Crippen LogP contribution is 2.29. The number of quaternary nitrogens is 1. The Bertz CT molecular complexity index is 1080. The molecule has 0 amide bonds. The topological polar surface area (TPSA) is 53.1 Å². The molecular weight excluding hydrogens is 380 g/mol. The van der Waals surface area contributed by atoms with Crippen LogP contribution in [-0.2, 0) is 13.1 Å². The van der Waals surface area contributed by atoms with Crippen molar-refractivity contribution in [2.45, 2.75) is 33.5 Å². The number of halogens is 2. The van der Waals surface area contributed by atoms with Crippen molar-refractivity contribution in [1.82, 2.24) is 0 Å². The van der Waals surface area contributed by atoms with Gasteiger partial charge in [-0.05, 0) is 55.3 Å². The minimum atomic E-state index is -2.91. The average molecular weight is 404 g/mol. The Hall–Kier alpha value is -2.93. The molecule has 0 radical (unpaired) electrons. The Balaban J connectivity index is 1.83. The van der Waals surface area contributed by atoms with E-state index in [0.29, 0.717) is 18.7 Å². The van der Waals surface area contributed by atoms with Crippen molar-refractivity contribution in [2.75, 3.05) is 14.2 Å². The number of fused-ring (bicyclic) bond motifs is 1. The SMILES string of the molecule is COc1cc(C[NH+](C)Cc2cc(=O)oc3cc(C)c(C)cc23)ccc1OC(F)F. The lowest BCUT2D eigenvalue weighted by Gasteiger charge is -2.17. The third-order valence-corrected chi connectivity index (χ3v) is 4.89. The number of alkyl halides is 2. The predicted molar refractivity (Wildman–Crippen MR) is 106 cm³/mol. The Labute approximate surface area is 167 Å². The van der Waals surface area contributed by atoms with E-state index in [1.807, 2.05) is 33.0 Å². The zero-order valence-electron chi connectivity index (χ0n) is 16.8. The minimum absolute atomic E-state index is 0.00131. The number of nitrogens with one attached hydrogen (secondary N) is 1. The summed E-state index contributed by atoms with van der Waals surface area (Å²) in [7, 11) is 3.41. The second kappa shape index (κ2) is 8.61. The molecule has 1 N–H and O–H groups in total. The quantitative estimate of drug-likeness (QED) is 0.615. The van der Waals surface area contributed by atoms with Gasteiger partial charge in [0.05, 0.1) is 14.2 Å². The smallest absolute Gasteiger partial charge is 0.387 e. The van der Waals surface area contributed by atoms with Crippen LogP contribution in [0.1, 0.15) is 22.3 Å². The first-order valence-corrected chi connectivity index (χ1v) is 9.24. The van der Waals surface area contributed by atoms with E-state index in [1.54, 1.807) is 12.1 Å². The molecule has 0 spiro atoms. The summed E-state index contributed by atoms with van der Waals surface area (Å²) in [5.41, 5.74) is 4.21. The third-order valence-electron chi connectivity index (χ3n) is 4.89. The monoisotopic (exact) mass is 404 g/mol. The molecule has 29 heavy (non-hydrogen) atoms. The molecule has 0 aliphatic carbocycles. The number of benzene rings is 2. The maximum atomic E-state index is 12.5. The molecule has 1 unspecified atom stereocenters. The maximum absolute atomic E-state index is 12.5. The molecule has 0 saturated heterocycles. The van der Waals surface area contributed by atoms with Crippen LogP contribution in [0.4, 0.5) is 8.78 Å². The molecular formula is C22H24F2NO4+. The Morgan fingerprint density at radius 2 is 1.76 bits per heavy atom. The largest absolute Gasteiger partial charge is 0.493 e. The van der Waals surface area contributed by atoms with Gasteiger partial charge in [0, 0.05) is 22.6 Å². The Morgan fingerprint density at radius 3 is 2.45 bits per heavy atom. The van der Waals surface area contributed by atoms with Gasteiger partial charge in [-0.15, -0.1) is 0 Å². The van der Waals surface area contributed by atoms with Crippen LogP contribution in [0.5, 0.6) is 11.5 Å². The number of hydrogen-bond donors (Lipinski definition) is 1. The maximum Gasteiger partial charge on any atom is 0.387 e. The lowest BCUT2D eigenvalue weighted by atomic mass is 10.0. The molecule has 0 bridgehead atoms. The zero-order valence-corrected chi connectivity index (χ0v) is 16.8. The van der Waals surface area contributed by atoms with Crippen LogP contribution >= 0.6 is 0 Å². The number of ether oxygens (including phenoxy) is 2. The highest BCUT2D eigenvalue weighted by atomic mass is 19.3. The van der Waals surface area contributed by atoms with Crippen LogP contribution in [-0.4, -0.2) is 20.8 Å². The van der Waals surface area contributed by atoms with E-state index in [4.69, 9.17) is 9.15 Å². The molecule has 0 fully saturated rings. The summed E-state index contributed by atoms with van der Waals surface area (Å²) in [5.74, 6) is 0.258. The van der Waals surface area contributed by atoms with E-state index in [1.165, 1.54) is 19.2 Å². The fraction of sp³-hybridized carbons (Fsp3) is 0.318. The lowest BCUT2D eigenvalue weighted by molar-refractivity contribution is -0.907. The summed E-state index contributed by atoms with van der Waals surface area (Å²) in [6.45, 7) is 2.30. The summed E-state index contributed by atoms with van der Waals surface area (Å²) < 4.78 is 40.0. The summed E-state index contributed by atoms with van der Waals surface area (Å²) in [4.78, 5) is 13.1. The molecule has 3 aromatic rings. The number of aryl methyl sites for hydroxylation is 2. The van der Waals surface area contributed by atoms with E-state index in [9.17, 15) is 13.6 Å². The van der Waals surface area contributed by atoms with E-state index in [-0.39, 0.29) is 17.1 Å². The molecule has 0 aliphatic rings. The summed E-state index contributed by atoms with van der Waals surface area (Å²) in [5, 5.41) is 0.922. The zero-order chi connectivity index (χ0) is 21.1. The predicted octanol–water partition coefficient (Wildman–Crippen LogP) is 3.23. The van der Waals surface area contributed by atoms with E-state index < -0.39 is 6.61 Å². The van der Waals surface area contributed by atoms with Crippen LogP contribution in [0.25, 0.3) is 11.0 Å². The van der Waals surface area contributed by atoms with Crippen LogP contribution in [0, 0.1) is 13.8 Å². The highest BCUT2D eigenvalue weighted by Gasteiger charge is 2.15. The van der Waals surface area contributed by atoms with E-state index >= 15 is 0 Å². The van der Waals surface area contributed by atoms with Gasteiger partial charge >= 0.3 is 12.2 Å². The summed E-state index contributed by atoms with van der Waals surface area (Å²) in [6.07, 6.45) is 0. The van der Waals surface area contributed by atoms with Crippen LogP contribution in [0.2, 0.25) is 0 Å². The van der Waals surface area contributed by atoms with Gasteiger partial charge in [-0.25, -0.2) is 4.79 Å². The molecule has 0 aliphatic heterocycles.